The van der Waals surface area contributed by atoms with Gasteiger partial charge in [-0.3, -0.25) is 15.3 Å². The number of anilines is 1. The molecule has 0 spiro atoms. The van der Waals surface area contributed by atoms with Gasteiger partial charge in [0.25, 0.3) is 0 Å². The minimum Gasteiger partial charge on any atom is -0.393 e. The van der Waals surface area contributed by atoms with Crippen molar-refractivity contribution in [1.29, 1.82) is 0 Å². The zero-order chi connectivity index (χ0) is 15.6. The van der Waals surface area contributed by atoms with Crippen molar-refractivity contribution in [2.24, 2.45) is 5.11 Å². The van der Waals surface area contributed by atoms with E-state index in [2.05, 4.69) is 15.0 Å². The van der Waals surface area contributed by atoms with Gasteiger partial charge in [-0.15, -0.1) is 0 Å². The molecule has 2 rings (SSSR count). The van der Waals surface area contributed by atoms with Crippen LogP contribution in [-0.4, -0.2) is 49.6 Å². The summed E-state index contributed by atoms with van der Waals surface area (Å²) < 4.78 is 19.9. The number of aliphatic hydroxyl groups is 2. The Morgan fingerprint density at radius 3 is 2.95 bits per heavy atom. The molecule has 0 aromatic carbocycles. The van der Waals surface area contributed by atoms with Gasteiger partial charge in [0.2, 0.25) is 5.72 Å². The number of halogens is 1. The second-order valence-corrected chi connectivity index (χ2v) is 4.20. The van der Waals surface area contributed by atoms with E-state index in [0.29, 0.717) is 4.57 Å². The third-order valence-corrected chi connectivity index (χ3v) is 3.02. The molecule has 12 heteroatoms. The topological polar surface area (TPSA) is 166 Å². The predicted octanol–water partition coefficient (Wildman–Crippen LogP) is -0.729. The Morgan fingerprint density at radius 1 is 1.71 bits per heavy atom. The molecule has 0 aliphatic carbocycles. The van der Waals surface area contributed by atoms with Crippen LogP contribution in [0.25, 0.3) is 10.4 Å². The summed E-state index contributed by atoms with van der Waals surface area (Å²) in [6.45, 7) is -0.979. The number of aromatic nitrogens is 2. The molecular formula is C9H11FN6O5. The number of ether oxygens (including phenoxy) is 1. The molecule has 1 aliphatic rings. The summed E-state index contributed by atoms with van der Waals surface area (Å²) in [5.74, 6) is -0.173. The maximum Gasteiger partial charge on any atom is 0.351 e. The first-order valence-electron chi connectivity index (χ1n) is 5.65. The highest BCUT2D eigenvalue weighted by Gasteiger charge is 2.56. The highest BCUT2D eigenvalue weighted by atomic mass is 19.1. The van der Waals surface area contributed by atoms with E-state index < -0.39 is 36.5 Å². The summed E-state index contributed by atoms with van der Waals surface area (Å²) in [6, 6.07) is 1.15. The molecule has 1 unspecified atom stereocenters. The third kappa shape index (κ3) is 2.41. The molecule has 0 bridgehead atoms. The molecule has 4 atom stereocenters. The smallest absolute Gasteiger partial charge is 0.351 e. The molecular weight excluding hydrogens is 291 g/mol. The molecule has 1 saturated heterocycles. The van der Waals surface area contributed by atoms with Crippen LogP contribution in [0, 0.1) is 0 Å². The first-order chi connectivity index (χ1) is 9.99. The normalized spacial score (nSPS) is 31.7. The molecule has 4 N–H and O–H groups in total. The standard InChI is InChI=1S/C9H11FN6O5/c10-5-6(18)9(3-17,14-15-11)21-7(5)16-2-1-4(13-20)12-8(16)19/h1-2,5-7,17-18,20H,3H2,(H,12,13,19)/t5-,6-,7+,9?/m0/s1. The second kappa shape index (κ2) is 5.63. The monoisotopic (exact) mass is 302 g/mol. The van der Waals surface area contributed by atoms with Gasteiger partial charge in [0.05, 0.1) is 6.61 Å². The molecule has 11 nitrogen and oxygen atoms in total. The third-order valence-electron chi connectivity index (χ3n) is 3.02. The van der Waals surface area contributed by atoms with Crippen molar-refractivity contribution in [2.75, 3.05) is 12.1 Å². The molecule has 2 heterocycles. The van der Waals surface area contributed by atoms with Crippen molar-refractivity contribution in [3.63, 3.8) is 0 Å². The van der Waals surface area contributed by atoms with Crippen LogP contribution in [0.5, 0.6) is 0 Å². The van der Waals surface area contributed by atoms with Crippen molar-refractivity contribution in [2.45, 2.75) is 24.2 Å². The molecule has 21 heavy (non-hydrogen) atoms. The molecule has 1 aromatic rings. The Hall–Kier alpha value is -2.24. The minimum atomic E-state index is -2.23. The van der Waals surface area contributed by atoms with E-state index in [1.807, 2.05) is 0 Å². The maximum absolute atomic E-state index is 14.1. The van der Waals surface area contributed by atoms with Crippen molar-refractivity contribution in [3.8, 4) is 0 Å². The molecule has 1 aliphatic heterocycles. The fraction of sp³-hybridized carbons (Fsp3) is 0.556. The Morgan fingerprint density at radius 2 is 2.43 bits per heavy atom. The number of alkyl halides is 1. The average Bonchev–Trinajstić information content (AvgIpc) is 2.73. The number of nitrogens with one attached hydrogen (secondary N) is 1. The van der Waals surface area contributed by atoms with Gasteiger partial charge in [-0.05, 0) is 11.6 Å². The lowest BCUT2D eigenvalue weighted by atomic mass is 10.1. The number of hydrogen-bond acceptors (Lipinski definition) is 8. The zero-order valence-electron chi connectivity index (χ0n) is 10.4. The molecule has 0 radical (unpaired) electrons. The summed E-state index contributed by atoms with van der Waals surface area (Å²) in [5, 5.41) is 30.6. The number of rotatable bonds is 4. The first kappa shape index (κ1) is 15.2. The predicted molar refractivity (Wildman–Crippen MR) is 63.9 cm³/mol. The second-order valence-electron chi connectivity index (χ2n) is 4.20. The quantitative estimate of drug-likeness (QED) is 0.246. The van der Waals surface area contributed by atoms with Crippen LogP contribution in [0.3, 0.4) is 0 Å². The SMILES string of the molecule is [N-]=[N+]=NC1(CO)O[C@@H](n2ccc(NO)nc2=O)[C@@H](F)[C@@H]1O. The van der Waals surface area contributed by atoms with Crippen molar-refractivity contribution in [3.05, 3.63) is 33.2 Å². The summed E-state index contributed by atoms with van der Waals surface area (Å²) >= 11 is 0. The van der Waals surface area contributed by atoms with E-state index in [-0.39, 0.29) is 5.82 Å². The van der Waals surface area contributed by atoms with Gasteiger partial charge in [-0.25, -0.2) is 9.18 Å². The van der Waals surface area contributed by atoms with Crippen molar-refractivity contribution in [1.82, 2.24) is 9.55 Å². The summed E-state index contributed by atoms with van der Waals surface area (Å²) in [4.78, 5) is 17.5. The molecule has 0 amide bonds. The fourth-order valence-electron chi connectivity index (χ4n) is 1.95. The average molecular weight is 302 g/mol. The lowest BCUT2D eigenvalue weighted by molar-refractivity contribution is -0.124. The Kier molecular flexibility index (Phi) is 4.06. The van der Waals surface area contributed by atoms with Crippen LogP contribution in [0.1, 0.15) is 6.23 Å². The fourth-order valence-corrected chi connectivity index (χ4v) is 1.95. The van der Waals surface area contributed by atoms with E-state index in [9.17, 15) is 19.4 Å². The van der Waals surface area contributed by atoms with Crippen LogP contribution >= 0.6 is 0 Å². The number of nitrogens with zero attached hydrogens (tertiary/aromatic N) is 5. The van der Waals surface area contributed by atoms with E-state index in [4.69, 9.17) is 15.5 Å². The van der Waals surface area contributed by atoms with E-state index in [0.717, 1.165) is 12.3 Å². The Balaban J connectivity index is 2.42. The molecule has 1 fully saturated rings. The lowest BCUT2D eigenvalue weighted by Crippen LogP contribution is -2.43. The van der Waals surface area contributed by atoms with Gasteiger partial charge in [-0.2, -0.15) is 4.98 Å². The number of aliphatic hydroxyl groups excluding tert-OH is 2. The zero-order valence-corrected chi connectivity index (χ0v) is 10.4. The van der Waals surface area contributed by atoms with Crippen molar-refractivity contribution < 1.29 is 24.5 Å². The van der Waals surface area contributed by atoms with Gasteiger partial charge in [0, 0.05) is 11.1 Å². The highest BCUT2D eigenvalue weighted by Crippen LogP contribution is 2.39. The van der Waals surface area contributed by atoms with Crippen LogP contribution in [0.15, 0.2) is 22.2 Å². The van der Waals surface area contributed by atoms with Crippen LogP contribution in [-0.2, 0) is 4.74 Å². The van der Waals surface area contributed by atoms with E-state index in [1.54, 1.807) is 5.48 Å². The summed E-state index contributed by atoms with van der Waals surface area (Å²) in [6.07, 6.45) is -4.70. The largest absolute Gasteiger partial charge is 0.393 e. The van der Waals surface area contributed by atoms with Crippen LogP contribution in [0.4, 0.5) is 10.2 Å². The van der Waals surface area contributed by atoms with Crippen molar-refractivity contribution >= 4 is 5.82 Å². The Bertz CT molecular complexity index is 633. The van der Waals surface area contributed by atoms with E-state index >= 15 is 0 Å². The highest BCUT2D eigenvalue weighted by molar-refractivity contribution is 5.28. The molecule has 1 aromatic heterocycles. The minimum absolute atomic E-state index is 0.173. The van der Waals surface area contributed by atoms with Gasteiger partial charge in [0.15, 0.2) is 18.2 Å². The number of hydrogen-bond donors (Lipinski definition) is 4. The maximum atomic E-state index is 14.1. The van der Waals surface area contributed by atoms with Gasteiger partial charge in [0.1, 0.15) is 6.10 Å². The van der Waals surface area contributed by atoms with E-state index in [1.165, 1.54) is 0 Å². The van der Waals surface area contributed by atoms with Crippen LogP contribution in [0.2, 0.25) is 0 Å². The van der Waals surface area contributed by atoms with Crippen LogP contribution < -0.4 is 11.2 Å². The van der Waals surface area contributed by atoms with Gasteiger partial charge < -0.3 is 14.9 Å². The van der Waals surface area contributed by atoms with Gasteiger partial charge in [-0.1, -0.05) is 5.11 Å². The lowest BCUT2D eigenvalue weighted by Gasteiger charge is -2.23. The summed E-state index contributed by atoms with van der Waals surface area (Å²) in [7, 11) is 0. The molecule has 114 valence electrons. The summed E-state index contributed by atoms with van der Waals surface area (Å²) in [5.41, 5.74) is 6.85. The first-order valence-corrected chi connectivity index (χ1v) is 5.65. The molecule has 0 saturated carbocycles. The number of azide groups is 1. The Labute approximate surface area is 115 Å². The van der Waals surface area contributed by atoms with Gasteiger partial charge >= 0.3 is 5.69 Å².